The van der Waals surface area contributed by atoms with Crippen LogP contribution in [0.15, 0.2) is 12.3 Å². The molecule has 0 aliphatic carbocycles. The molecule has 0 aliphatic heterocycles. The molecule has 4 nitrogen and oxygen atoms in total. The zero-order valence-corrected chi connectivity index (χ0v) is 10.9. The van der Waals surface area contributed by atoms with E-state index in [1.54, 1.807) is 6.20 Å². The lowest BCUT2D eigenvalue weighted by molar-refractivity contribution is 0.0513. The molecule has 0 aliphatic rings. The van der Waals surface area contributed by atoms with Gasteiger partial charge < -0.3 is 4.74 Å². The molecule has 0 atom stereocenters. The third-order valence-electron chi connectivity index (χ3n) is 1.94. The Kier molecular flexibility index (Phi) is 3.13. The summed E-state index contributed by atoms with van der Waals surface area (Å²) in [6.45, 7) is 11.6. The lowest BCUT2D eigenvalue weighted by atomic mass is 9.93. The van der Waals surface area contributed by atoms with E-state index < -0.39 is 11.7 Å². The van der Waals surface area contributed by atoms with E-state index in [0.29, 0.717) is 0 Å². The molecule has 0 spiro atoms. The lowest BCUT2D eigenvalue weighted by Gasteiger charge is -2.19. The van der Waals surface area contributed by atoms with Gasteiger partial charge in [0.1, 0.15) is 5.60 Å². The Hall–Kier alpha value is -1.32. The summed E-state index contributed by atoms with van der Waals surface area (Å²) >= 11 is 0. The first-order chi connectivity index (χ1) is 7.09. The van der Waals surface area contributed by atoms with Crippen LogP contribution in [0, 0.1) is 0 Å². The van der Waals surface area contributed by atoms with E-state index in [9.17, 15) is 4.79 Å². The molecule has 90 valence electrons. The predicted octanol–water partition coefficient (Wildman–Crippen LogP) is 2.96. The van der Waals surface area contributed by atoms with Gasteiger partial charge in [-0.1, -0.05) is 20.8 Å². The number of aromatic nitrogens is 2. The fourth-order valence-electron chi connectivity index (χ4n) is 1.13. The van der Waals surface area contributed by atoms with E-state index in [-0.39, 0.29) is 5.41 Å². The second-order valence-corrected chi connectivity index (χ2v) is 5.88. The molecule has 1 rings (SSSR count). The van der Waals surface area contributed by atoms with Gasteiger partial charge in [-0.2, -0.15) is 9.78 Å². The second kappa shape index (κ2) is 3.92. The first-order valence-corrected chi connectivity index (χ1v) is 5.39. The molecular formula is C12H20N2O2. The van der Waals surface area contributed by atoms with Crippen LogP contribution in [0.5, 0.6) is 0 Å². The third kappa shape index (κ3) is 3.36. The summed E-state index contributed by atoms with van der Waals surface area (Å²) in [5.41, 5.74) is 0.316. The number of nitrogens with zero attached hydrogens (tertiary/aromatic N) is 2. The minimum Gasteiger partial charge on any atom is -0.442 e. The van der Waals surface area contributed by atoms with E-state index >= 15 is 0 Å². The number of carbonyl (C=O) groups excluding carboxylic acids is 1. The van der Waals surface area contributed by atoms with Crippen LogP contribution in [0.2, 0.25) is 0 Å². The second-order valence-electron chi connectivity index (χ2n) is 5.88. The van der Waals surface area contributed by atoms with E-state index in [1.807, 2.05) is 26.8 Å². The quantitative estimate of drug-likeness (QED) is 0.680. The van der Waals surface area contributed by atoms with Gasteiger partial charge in [-0.15, -0.1) is 0 Å². The van der Waals surface area contributed by atoms with Gasteiger partial charge in [0.2, 0.25) is 0 Å². The standard InChI is InChI=1S/C12H20N2O2/c1-11(2,3)9-7-8-14(13-9)10(15)16-12(4,5)6/h7-8H,1-6H3. The molecule has 0 fully saturated rings. The summed E-state index contributed by atoms with van der Waals surface area (Å²) in [5, 5.41) is 4.21. The van der Waals surface area contributed by atoms with Crippen molar-refractivity contribution in [3.63, 3.8) is 0 Å². The Bertz CT molecular complexity index is 380. The van der Waals surface area contributed by atoms with Crippen molar-refractivity contribution in [2.45, 2.75) is 52.6 Å². The molecular weight excluding hydrogens is 204 g/mol. The first kappa shape index (κ1) is 12.7. The van der Waals surface area contributed by atoms with E-state index in [1.165, 1.54) is 4.68 Å². The van der Waals surface area contributed by atoms with Crippen molar-refractivity contribution < 1.29 is 9.53 Å². The maximum absolute atomic E-state index is 11.7. The lowest BCUT2D eigenvalue weighted by Crippen LogP contribution is -2.27. The average Bonchev–Trinajstić information content (AvgIpc) is 2.46. The van der Waals surface area contributed by atoms with Crippen LogP contribution < -0.4 is 0 Å². The molecule has 0 radical (unpaired) electrons. The Morgan fingerprint density at radius 2 is 1.81 bits per heavy atom. The summed E-state index contributed by atoms with van der Waals surface area (Å²) in [4.78, 5) is 11.7. The highest BCUT2D eigenvalue weighted by Gasteiger charge is 2.21. The SMILES string of the molecule is CC(C)(C)OC(=O)n1ccc(C(C)(C)C)n1. The van der Waals surface area contributed by atoms with Crippen molar-refractivity contribution in [3.05, 3.63) is 18.0 Å². The van der Waals surface area contributed by atoms with Crippen molar-refractivity contribution in [2.75, 3.05) is 0 Å². The molecule has 1 aromatic rings. The maximum Gasteiger partial charge on any atom is 0.435 e. The monoisotopic (exact) mass is 224 g/mol. The highest BCUT2D eigenvalue weighted by molar-refractivity contribution is 5.69. The molecule has 0 aromatic carbocycles. The van der Waals surface area contributed by atoms with Crippen LogP contribution >= 0.6 is 0 Å². The summed E-state index contributed by atoms with van der Waals surface area (Å²) in [6.07, 6.45) is 1.19. The topological polar surface area (TPSA) is 44.1 Å². The van der Waals surface area contributed by atoms with Gasteiger partial charge in [0.05, 0.1) is 5.69 Å². The van der Waals surface area contributed by atoms with Gasteiger partial charge in [0, 0.05) is 11.6 Å². The largest absolute Gasteiger partial charge is 0.442 e. The van der Waals surface area contributed by atoms with E-state index in [2.05, 4.69) is 25.9 Å². The maximum atomic E-state index is 11.7. The van der Waals surface area contributed by atoms with Crippen LogP contribution in [-0.2, 0) is 10.2 Å². The molecule has 0 bridgehead atoms. The van der Waals surface area contributed by atoms with Crippen molar-refractivity contribution in [1.29, 1.82) is 0 Å². The highest BCUT2D eigenvalue weighted by Crippen LogP contribution is 2.19. The Labute approximate surface area is 96.6 Å². The normalized spacial score (nSPS) is 12.6. The van der Waals surface area contributed by atoms with Gasteiger partial charge in [0.15, 0.2) is 0 Å². The third-order valence-corrected chi connectivity index (χ3v) is 1.94. The Morgan fingerprint density at radius 1 is 1.25 bits per heavy atom. The minimum absolute atomic E-state index is 0.0622. The molecule has 0 unspecified atom stereocenters. The number of carbonyl (C=O) groups is 1. The van der Waals surface area contributed by atoms with Crippen LogP contribution in [0.25, 0.3) is 0 Å². The van der Waals surface area contributed by atoms with Crippen molar-refractivity contribution in [1.82, 2.24) is 9.78 Å². The van der Waals surface area contributed by atoms with Gasteiger partial charge in [0.25, 0.3) is 0 Å². The van der Waals surface area contributed by atoms with Crippen LogP contribution in [0.4, 0.5) is 4.79 Å². The van der Waals surface area contributed by atoms with E-state index in [4.69, 9.17) is 4.74 Å². The molecule has 4 heteroatoms. The summed E-state index contributed by atoms with van der Waals surface area (Å²) in [5.74, 6) is 0. The number of hydrogen-bond donors (Lipinski definition) is 0. The molecule has 16 heavy (non-hydrogen) atoms. The predicted molar refractivity (Wildman–Crippen MR) is 62.6 cm³/mol. The van der Waals surface area contributed by atoms with Crippen molar-refractivity contribution >= 4 is 6.09 Å². The van der Waals surface area contributed by atoms with Gasteiger partial charge in [-0.25, -0.2) is 4.79 Å². The highest BCUT2D eigenvalue weighted by atomic mass is 16.6. The molecule has 0 saturated carbocycles. The number of rotatable bonds is 0. The molecule has 0 saturated heterocycles. The number of ether oxygens (including phenoxy) is 1. The molecule has 1 aromatic heterocycles. The van der Waals surface area contributed by atoms with Gasteiger partial charge in [-0.3, -0.25) is 0 Å². The Morgan fingerprint density at radius 3 is 2.19 bits per heavy atom. The van der Waals surface area contributed by atoms with Crippen molar-refractivity contribution in [2.24, 2.45) is 0 Å². The summed E-state index contributed by atoms with van der Waals surface area (Å²) in [6, 6.07) is 1.84. The smallest absolute Gasteiger partial charge is 0.435 e. The fourth-order valence-corrected chi connectivity index (χ4v) is 1.13. The van der Waals surface area contributed by atoms with Gasteiger partial charge in [-0.05, 0) is 26.8 Å². The van der Waals surface area contributed by atoms with E-state index in [0.717, 1.165) is 5.69 Å². The number of hydrogen-bond acceptors (Lipinski definition) is 3. The van der Waals surface area contributed by atoms with Crippen LogP contribution in [0.1, 0.15) is 47.2 Å². The van der Waals surface area contributed by atoms with Crippen LogP contribution in [-0.4, -0.2) is 21.5 Å². The van der Waals surface area contributed by atoms with Crippen molar-refractivity contribution in [3.8, 4) is 0 Å². The van der Waals surface area contributed by atoms with Crippen LogP contribution in [0.3, 0.4) is 0 Å². The molecule has 0 amide bonds. The van der Waals surface area contributed by atoms with Gasteiger partial charge >= 0.3 is 6.09 Å². The molecule has 1 heterocycles. The zero-order chi connectivity index (χ0) is 12.6. The summed E-state index contributed by atoms with van der Waals surface area (Å²) < 4.78 is 6.45. The first-order valence-electron chi connectivity index (χ1n) is 5.39. The Balaban J connectivity index is 2.83. The average molecular weight is 224 g/mol. The summed E-state index contributed by atoms with van der Waals surface area (Å²) in [7, 11) is 0. The fraction of sp³-hybridized carbons (Fsp3) is 0.667. The minimum atomic E-state index is -0.495. The molecule has 0 N–H and O–H groups in total. The zero-order valence-electron chi connectivity index (χ0n) is 10.9.